The number of aryl methyl sites for hydroxylation is 1. The largest absolute Gasteiger partial charge is 0.496 e. The molecule has 0 spiro atoms. The number of fused-ring (bicyclic) bond motifs is 1. The first kappa shape index (κ1) is 49.8. The van der Waals surface area contributed by atoms with Crippen LogP contribution in [0, 0.1) is 0 Å². The first-order chi connectivity index (χ1) is 33.8. The van der Waals surface area contributed by atoms with E-state index in [2.05, 4.69) is 59.1 Å². The number of benzene rings is 3. The van der Waals surface area contributed by atoms with Crippen LogP contribution in [0.4, 0.5) is 5.69 Å². The maximum Gasteiger partial charge on any atom is 0.255 e. The Kier molecular flexibility index (Phi) is 15.7. The summed E-state index contributed by atoms with van der Waals surface area (Å²) in [7, 11) is -0.773. The summed E-state index contributed by atoms with van der Waals surface area (Å²) in [5.41, 5.74) is 6.65. The maximum atomic E-state index is 13.4. The van der Waals surface area contributed by atoms with Crippen molar-refractivity contribution in [2.75, 3.05) is 104 Å². The van der Waals surface area contributed by atoms with Crippen molar-refractivity contribution < 1.29 is 28.5 Å². The van der Waals surface area contributed by atoms with E-state index in [4.69, 9.17) is 21.3 Å². The predicted molar refractivity (Wildman–Crippen MR) is 273 cm³/mol. The number of hydrogen-bond acceptors (Lipinski definition) is 12. The predicted octanol–water partition coefficient (Wildman–Crippen LogP) is 5.08. The number of carbonyl (C=O) groups is 4. The Bertz CT molecular complexity index is 2620. The van der Waals surface area contributed by atoms with Crippen molar-refractivity contribution in [3.05, 3.63) is 111 Å². The monoisotopic (exact) mass is 991 g/mol. The number of anilines is 1. The highest BCUT2D eigenvalue weighted by Gasteiger charge is 2.40. The highest BCUT2D eigenvalue weighted by atomic mass is 35.5. The fourth-order valence-corrected chi connectivity index (χ4v) is 12.6. The zero-order valence-corrected chi connectivity index (χ0v) is 42.6. The molecule has 4 amide bonds. The minimum Gasteiger partial charge on any atom is -0.496 e. The van der Waals surface area contributed by atoms with Crippen LogP contribution in [0.1, 0.15) is 82.7 Å². The van der Waals surface area contributed by atoms with Gasteiger partial charge in [-0.3, -0.25) is 29.4 Å². The Morgan fingerprint density at radius 1 is 0.829 bits per heavy atom. The maximum absolute atomic E-state index is 13.4. The van der Waals surface area contributed by atoms with Crippen LogP contribution in [0.3, 0.4) is 0 Å². The van der Waals surface area contributed by atoms with E-state index in [1.54, 1.807) is 31.5 Å². The number of amides is 4. The van der Waals surface area contributed by atoms with Crippen molar-refractivity contribution in [1.82, 2.24) is 39.8 Å². The van der Waals surface area contributed by atoms with Gasteiger partial charge in [0.25, 0.3) is 5.91 Å². The van der Waals surface area contributed by atoms with Gasteiger partial charge >= 0.3 is 0 Å². The number of hydrogen-bond donors (Lipinski definition) is 1. The zero-order chi connectivity index (χ0) is 48.9. The molecule has 4 aromatic rings. The van der Waals surface area contributed by atoms with Crippen molar-refractivity contribution in [1.29, 1.82) is 0 Å². The van der Waals surface area contributed by atoms with Gasteiger partial charge in [0, 0.05) is 145 Å². The molecule has 15 nitrogen and oxygen atoms in total. The minimum atomic E-state index is -2.48. The van der Waals surface area contributed by atoms with Crippen LogP contribution >= 0.6 is 18.7 Å². The molecule has 1 aromatic heterocycles. The average molecular weight is 993 g/mol. The molecule has 1 N–H and O–H groups in total. The van der Waals surface area contributed by atoms with Crippen LogP contribution in [0.25, 0.3) is 0 Å². The van der Waals surface area contributed by atoms with E-state index >= 15 is 0 Å². The lowest BCUT2D eigenvalue weighted by Crippen LogP contribution is -2.54. The second-order valence-corrected chi connectivity index (χ2v) is 23.5. The van der Waals surface area contributed by atoms with Crippen LogP contribution < -0.4 is 20.3 Å². The Balaban J connectivity index is 0.671. The summed E-state index contributed by atoms with van der Waals surface area (Å²) in [4.78, 5) is 73.9. The minimum absolute atomic E-state index is 0.125. The summed E-state index contributed by atoms with van der Waals surface area (Å²) < 4.78 is 18.9. The SMILES string of the molecule is COc1cc(N2CCC(N3CCN(C(=O)CCN4CCN(CCCc5cccc6c5CN(C5CCC(=O)NC5=O)C6=O)CC4)CC3)CC2)ccc1Cc1ncc(Cl)c(Cc2ccccc2P(C)(C)=O)n1. The Morgan fingerprint density at radius 3 is 2.29 bits per heavy atom. The van der Waals surface area contributed by atoms with E-state index in [9.17, 15) is 23.7 Å². The molecule has 4 saturated heterocycles. The molecule has 1 unspecified atom stereocenters. The molecule has 5 aliphatic rings. The van der Waals surface area contributed by atoms with Gasteiger partial charge in [-0.2, -0.15) is 0 Å². The lowest BCUT2D eigenvalue weighted by atomic mass is 9.99. The number of aromatic nitrogens is 2. The van der Waals surface area contributed by atoms with Crippen molar-refractivity contribution in [3.63, 3.8) is 0 Å². The van der Waals surface area contributed by atoms with Gasteiger partial charge in [-0.25, -0.2) is 9.97 Å². The number of nitrogens with one attached hydrogen (secondary N) is 1. The number of nitrogens with zero attached hydrogens (tertiary/aromatic N) is 8. The molecule has 5 aliphatic heterocycles. The van der Waals surface area contributed by atoms with Gasteiger partial charge in [-0.1, -0.05) is 54.1 Å². The zero-order valence-electron chi connectivity index (χ0n) is 40.9. The molecule has 6 heterocycles. The number of carbonyl (C=O) groups excluding carboxylic acids is 4. The molecule has 0 bridgehead atoms. The van der Waals surface area contributed by atoms with Gasteiger partial charge in [-0.05, 0) is 80.8 Å². The molecule has 4 fully saturated rings. The molecule has 3 aromatic carbocycles. The first-order valence-electron chi connectivity index (χ1n) is 25.1. The molecule has 1 atom stereocenters. The topological polar surface area (TPSA) is 152 Å². The Hall–Kier alpha value is -5.18. The molecular formula is C53H67ClN9O6P. The normalized spacial score (nSPS) is 20.0. The van der Waals surface area contributed by atoms with Gasteiger partial charge in [-0.15, -0.1) is 0 Å². The van der Waals surface area contributed by atoms with Crippen LogP contribution in [-0.4, -0.2) is 169 Å². The van der Waals surface area contributed by atoms with Gasteiger partial charge in [0.15, 0.2) is 0 Å². The van der Waals surface area contributed by atoms with Crippen molar-refractivity contribution in [2.24, 2.45) is 0 Å². The summed E-state index contributed by atoms with van der Waals surface area (Å²) in [5.74, 6) is 0.927. The van der Waals surface area contributed by atoms with Gasteiger partial charge in [0.2, 0.25) is 17.7 Å². The van der Waals surface area contributed by atoms with Gasteiger partial charge < -0.3 is 33.8 Å². The van der Waals surface area contributed by atoms with Crippen LogP contribution in [0.15, 0.2) is 66.9 Å². The third-order valence-electron chi connectivity index (χ3n) is 15.1. The fourth-order valence-electron chi connectivity index (χ4n) is 11.1. The second kappa shape index (κ2) is 22.1. The number of halogens is 1. The lowest BCUT2D eigenvalue weighted by molar-refractivity contribution is -0.137. The highest BCUT2D eigenvalue weighted by Crippen LogP contribution is 2.37. The van der Waals surface area contributed by atoms with E-state index in [-0.39, 0.29) is 30.0 Å². The second-order valence-electron chi connectivity index (χ2n) is 19.9. The first-order valence-corrected chi connectivity index (χ1v) is 28.1. The lowest BCUT2D eigenvalue weighted by Gasteiger charge is -2.43. The van der Waals surface area contributed by atoms with Crippen molar-refractivity contribution >= 4 is 53.4 Å². The summed E-state index contributed by atoms with van der Waals surface area (Å²) >= 11 is 6.59. The summed E-state index contributed by atoms with van der Waals surface area (Å²) in [6.45, 7) is 14.9. The molecule has 372 valence electrons. The highest BCUT2D eigenvalue weighted by molar-refractivity contribution is 7.70. The van der Waals surface area contributed by atoms with Crippen molar-refractivity contribution in [2.45, 2.75) is 76.4 Å². The van der Waals surface area contributed by atoms with Crippen molar-refractivity contribution in [3.8, 4) is 5.75 Å². The third kappa shape index (κ3) is 11.6. The van der Waals surface area contributed by atoms with Gasteiger partial charge in [0.05, 0.1) is 17.8 Å². The number of piperidine rings is 2. The Morgan fingerprint density at radius 2 is 1.56 bits per heavy atom. The third-order valence-corrected chi connectivity index (χ3v) is 17.0. The van der Waals surface area contributed by atoms with E-state index in [0.29, 0.717) is 60.4 Å². The molecule has 0 saturated carbocycles. The molecule has 0 aliphatic carbocycles. The fraction of sp³-hybridized carbons (Fsp3) is 0.509. The average Bonchev–Trinajstić information content (AvgIpc) is 3.70. The van der Waals surface area contributed by atoms with E-state index < -0.39 is 13.2 Å². The van der Waals surface area contributed by atoms with Crippen LogP contribution in [0.5, 0.6) is 5.75 Å². The van der Waals surface area contributed by atoms with Gasteiger partial charge in [0.1, 0.15) is 24.8 Å². The molecule has 9 rings (SSSR count). The summed E-state index contributed by atoms with van der Waals surface area (Å²) in [6.07, 6.45) is 7.78. The smallest absolute Gasteiger partial charge is 0.255 e. The number of piperazine rings is 2. The molecule has 17 heteroatoms. The number of imide groups is 1. The van der Waals surface area contributed by atoms with E-state index in [0.717, 1.165) is 143 Å². The molecule has 70 heavy (non-hydrogen) atoms. The molecular weight excluding hydrogens is 925 g/mol. The summed E-state index contributed by atoms with van der Waals surface area (Å²) in [6, 6.07) is 20.0. The quantitative estimate of drug-likeness (QED) is 0.118. The van der Waals surface area contributed by atoms with E-state index in [1.807, 2.05) is 36.4 Å². The van der Waals surface area contributed by atoms with E-state index in [1.165, 1.54) is 0 Å². The number of methoxy groups -OCH3 is 1. The number of rotatable bonds is 16. The standard InChI is InChI=1S/C53H67ClN9O6P/c1-69-47-34-41(14-13-38(47)33-49-55-35-44(54)45(56-49)32-39-8-4-5-12-48(39)70(2,3)68)60-22-17-40(18-23-60)61-28-30-62(31-29-61)51(65)19-21-59-26-24-58(25-27-59)20-7-10-37-9-6-11-42-43(37)36-63(53(42)67)46-15-16-50(64)57-52(46)66/h4-6,8-9,11-14,34-35,40,46H,7,10,15-33,36H2,1-3H3,(H,57,64,66). The summed E-state index contributed by atoms with van der Waals surface area (Å²) in [5, 5.41) is 3.73. The molecule has 0 radical (unpaired) electrons. The van der Waals surface area contributed by atoms with Crippen LogP contribution in [0.2, 0.25) is 5.02 Å². The van der Waals surface area contributed by atoms with Crippen LogP contribution in [-0.2, 0) is 44.8 Å². The number of ether oxygens (including phenoxy) is 1. The Labute approximate surface area is 417 Å².